The van der Waals surface area contributed by atoms with E-state index in [1.165, 1.54) is 18.6 Å². The third-order valence-electron chi connectivity index (χ3n) is 2.59. The van der Waals surface area contributed by atoms with E-state index in [9.17, 15) is 0 Å². The number of thioether (sulfide) groups is 1. The minimum Gasteiger partial charge on any atom is -0.383 e. The monoisotopic (exact) mass is 243 g/mol. The molecule has 0 bridgehead atoms. The molecule has 2 atom stereocenters. The molecule has 16 heavy (non-hydrogen) atoms. The maximum Gasteiger partial charge on any atom is 0.245 e. The molecule has 2 rings (SSSR count). The van der Waals surface area contributed by atoms with Crippen molar-refractivity contribution in [2.45, 2.75) is 30.6 Å². The Labute approximate surface area is 99.1 Å². The molecule has 5 nitrogen and oxygen atoms in total. The molecular weight excluding hydrogens is 226 g/mol. The molecule has 1 aliphatic heterocycles. The Morgan fingerprint density at radius 2 is 2.50 bits per heavy atom. The number of hydrogen-bond acceptors (Lipinski definition) is 6. The first kappa shape index (κ1) is 11.9. The van der Waals surface area contributed by atoms with E-state index in [1.54, 1.807) is 7.11 Å². The van der Waals surface area contributed by atoms with Crippen LogP contribution < -0.4 is 5.73 Å². The second kappa shape index (κ2) is 5.65. The van der Waals surface area contributed by atoms with Gasteiger partial charge in [0.05, 0.1) is 11.9 Å². The Morgan fingerprint density at radius 3 is 3.19 bits per heavy atom. The van der Waals surface area contributed by atoms with Crippen LogP contribution in [-0.2, 0) is 4.74 Å². The van der Waals surface area contributed by atoms with E-state index in [4.69, 9.17) is 15.0 Å². The van der Waals surface area contributed by atoms with Gasteiger partial charge in [0.1, 0.15) is 6.04 Å². The van der Waals surface area contributed by atoms with Crippen molar-refractivity contribution < 1.29 is 9.26 Å². The lowest BCUT2D eigenvalue weighted by Gasteiger charge is -2.17. The average Bonchev–Trinajstić information content (AvgIpc) is 2.80. The van der Waals surface area contributed by atoms with E-state index < -0.39 is 0 Å². The molecule has 0 aromatic carbocycles. The van der Waals surface area contributed by atoms with Crippen LogP contribution >= 0.6 is 11.8 Å². The lowest BCUT2D eigenvalue weighted by molar-refractivity contribution is 0.166. The molecule has 1 fully saturated rings. The number of nitrogens with zero attached hydrogens (tertiary/aromatic N) is 2. The minimum atomic E-state index is -0.320. The quantitative estimate of drug-likeness (QED) is 0.867. The van der Waals surface area contributed by atoms with Crippen LogP contribution in [0.1, 0.15) is 42.3 Å². The Kier molecular flexibility index (Phi) is 4.20. The molecule has 1 aromatic heterocycles. The zero-order chi connectivity index (χ0) is 11.4. The third kappa shape index (κ3) is 2.75. The number of hydrogen-bond donors (Lipinski definition) is 1. The van der Waals surface area contributed by atoms with Crippen molar-refractivity contribution in [1.82, 2.24) is 10.1 Å². The third-order valence-corrected chi connectivity index (χ3v) is 3.96. The van der Waals surface area contributed by atoms with Gasteiger partial charge in [0.25, 0.3) is 0 Å². The summed E-state index contributed by atoms with van der Waals surface area (Å²) in [5.74, 6) is 2.44. The van der Waals surface area contributed by atoms with E-state index in [1.807, 2.05) is 11.8 Å². The summed E-state index contributed by atoms with van der Waals surface area (Å²) in [5.41, 5.74) is 5.82. The number of methoxy groups -OCH3 is 1. The Hall–Kier alpha value is -0.590. The predicted molar refractivity (Wildman–Crippen MR) is 62.2 cm³/mol. The standard InChI is InChI=1S/C10H17N3O2S/c1-14-6-7(11)10-12-9(13-15-10)8-4-2-3-5-16-8/h7-8H,2-6,11H2,1H3. The van der Waals surface area contributed by atoms with Gasteiger partial charge in [-0.25, -0.2) is 0 Å². The summed E-state index contributed by atoms with van der Waals surface area (Å²) in [6.45, 7) is 0.402. The van der Waals surface area contributed by atoms with Gasteiger partial charge in [-0.2, -0.15) is 16.7 Å². The second-order valence-electron chi connectivity index (χ2n) is 3.91. The molecule has 1 aromatic rings. The summed E-state index contributed by atoms with van der Waals surface area (Å²) in [5, 5.41) is 4.38. The van der Waals surface area contributed by atoms with E-state index in [2.05, 4.69) is 10.1 Å². The maximum atomic E-state index is 5.82. The van der Waals surface area contributed by atoms with Crippen molar-refractivity contribution in [3.05, 3.63) is 11.7 Å². The number of nitrogens with two attached hydrogens (primary N) is 1. The fraction of sp³-hybridized carbons (Fsp3) is 0.800. The zero-order valence-corrected chi connectivity index (χ0v) is 10.2. The highest BCUT2D eigenvalue weighted by molar-refractivity contribution is 7.99. The summed E-state index contributed by atoms with van der Waals surface area (Å²) >= 11 is 1.90. The van der Waals surface area contributed by atoms with Crippen molar-refractivity contribution in [2.24, 2.45) is 5.73 Å². The van der Waals surface area contributed by atoms with Gasteiger partial charge in [-0.05, 0) is 18.6 Å². The molecule has 0 radical (unpaired) electrons. The molecule has 1 aliphatic rings. The number of aromatic nitrogens is 2. The van der Waals surface area contributed by atoms with Crippen molar-refractivity contribution in [2.75, 3.05) is 19.5 Å². The summed E-state index contributed by atoms with van der Waals surface area (Å²) in [6.07, 6.45) is 3.66. The van der Waals surface area contributed by atoms with Crippen LogP contribution in [0.2, 0.25) is 0 Å². The molecule has 90 valence electrons. The van der Waals surface area contributed by atoms with Crippen LogP contribution in [0.4, 0.5) is 0 Å². The zero-order valence-electron chi connectivity index (χ0n) is 9.39. The smallest absolute Gasteiger partial charge is 0.245 e. The molecule has 0 amide bonds. The van der Waals surface area contributed by atoms with Crippen molar-refractivity contribution in [3.63, 3.8) is 0 Å². The SMILES string of the molecule is COCC(N)c1nc(C2CCCCS2)no1. The molecule has 6 heteroatoms. The number of rotatable bonds is 4. The maximum absolute atomic E-state index is 5.82. The predicted octanol–water partition coefficient (Wildman–Crippen LogP) is 1.67. The molecule has 2 heterocycles. The van der Waals surface area contributed by atoms with Crippen LogP contribution in [0.5, 0.6) is 0 Å². The molecule has 0 saturated carbocycles. The second-order valence-corrected chi connectivity index (χ2v) is 5.22. The lowest BCUT2D eigenvalue weighted by Crippen LogP contribution is -2.16. The van der Waals surface area contributed by atoms with Gasteiger partial charge in [0.2, 0.25) is 5.89 Å². The average molecular weight is 243 g/mol. The summed E-state index contributed by atoms with van der Waals surface area (Å²) in [6, 6.07) is -0.320. The molecule has 2 unspecified atom stereocenters. The van der Waals surface area contributed by atoms with Crippen LogP contribution in [0.25, 0.3) is 0 Å². The van der Waals surface area contributed by atoms with Crippen LogP contribution in [-0.4, -0.2) is 29.6 Å². The fourth-order valence-electron chi connectivity index (χ4n) is 1.72. The summed E-state index contributed by atoms with van der Waals surface area (Å²) in [7, 11) is 1.61. The van der Waals surface area contributed by atoms with Crippen LogP contribution in [0, 0.1) is 0 Å². The molecule has 2 N–H and O–H groups in total. The highest BCUT2D eigenvalue weighted by Crippen LogP contribution is 2.36. The van der Waals surface area contributed by atoms with Crippen molar-refractivity contribution in [3.8, 4) is 0 Å². The topological polar surface area (TPSA) is 74.2 Å². The van der Waals surface area contributed by atoms with Gasteiger partial charge in [-0.1, -0.05) is 11.6 Å². The first-order chi connectivity index (χ1) is 7.81. The first-order valence-corrected chi connectivity index (χ1v) is 6.55. The molecular formula is C10H17N3O2S. The van der Waals surface area contributed by atoms with Crippen LogP contribution in [0.3, 0.4) is 0 Å². The molecule has 1 saturated heterocycles. The van der Waals surface area contributed by atoms with Crippen LogP contribution in [0.15, 0.2) is 4.52 Å². The normalized spacial score (nSPS) is 23.2. The number of ether oxygens (including phenoxy) is 1. The largest absolute Gasteiger partial charge is 0.383 e. The highest BCUT2D eigenvalue weighted by Gasteiger charge is 2.23. The van der Waals surface area contributed by atoms with Crippen molar-refractivity contribution in [1.29, 1.82) is 0 Å². The van der Waals surface area contributed by atoms with E-state index in [0.29, 0.717) is 17.7 Å². The Bertz CT molecular complexity index is 326. The van der Waals surface area contributed by atoms with Gasteiger partial charge in [-0.15, -0.1) is 0 Å². The highest BCUT2D eigenvalue weighted by atomic mass is 32.2. The fourth-order valence-corrected chi connectivity index (χ4v) is 2.96. The Balaban J connectivity index is 2.00. The van der Waals surface area contributed by atoms with Crippen molar-refractivity contribution >= 4 is 11.8 Å². The lowest BCUT2D eigenvalue weighted by atomic mass is 10.2. The summed E-state index contributed by atoms with van der Waals surface area (Å²) < 4.78 is 10.1. The summed E-state index contributed by atoms with van der Waals surface area (Å²) in [4.78, 5) is 4.35. The molecule has 0 aliphatic carbocycles. The van der Waals surface area contributed by atoms with E-state index in [0.717, 1.165) is 12.2 Å². The van der Waals surface area contributed by atoms with Gasteiger partial charge < -0.3 is 15.0 Å². The van der Waals surface area contributed by atoms with E-state index in [-0.39, 0.29) is 6.04 Å². The van der Waals surface area contributed by atoms with Gasteiger partial charge in [0.15, 0.2) is 5.82 Å². The Morgan fingerprint density at radius 1 is 1.62 bits per heavy atom. The minimum absolute atomic E-state index is 0.320. The molecule has 0 spiro atoms. The van der Waals surface area contributed by atoms with Gasteiger partial charge in [0, 0.05) is 7.11 Å². The van der Waals surface area contributed by atoms with E-state index >= 15 is 0 Å². The first-order valence-electron chi connectivity index (χ1n) is 5.51. The van der Waals surface area contributed by atoms with Gasteiger partial charge in [-0.3, -0.25) is 0 Å². The van der Waals surface area contributed by atoms with Gasteiger partial charge >= 0.3 is 0 Å².